The van der Waals surface area contributed by atoms with Gasteiger partial charge in [-0.05, 0) is 18.4 Å². The molecule has 1 atom stereocenters. The topological polar surface area (TPSA) is 57.7 Å². The van der Waals surface area contributed by atoms with E-state index in [4.69, 9.17) is 0 Å². The molecule has 0 N–H and O–H groups in total. The Morgan fingerprint density at radius 2 is 1.95 bits per heavy atom. The maximum atomic E-state index is 12.6. The van der Waals surface area contributed by atoms with Crippen molar-refractivity contribution in [2.45, 2.75) is 31.8 Å². The van der Waals surface area contributed by atoms with E-state index in [1.807, 2.05) is 30.3 Å². The summed E-state index contributed by atoms with van der Waals surface area (Å²) < 4.78 is 25.0. The van der Waals surface area contributed by atoms with E-state index in [1.54, 1.807) is 11.9 Å². The normalized spacial score (nSPS) is 20.2. The smallest absolute Gasteiger partial charge is 0.241 e. The molecule has 21 heavy (non-hydrogen) atoms. The second-order valence-electron chi connectivity index (χ2n) is 5.57. The Kier molecular flexibility index (Phi) is 5.00. The Bertz CT molecular complexity index is 586. The van der Waals surface area contributed by atoms with Gasteiger partial charge in [-0.15, -0.1) is 0 Å². The van der Waals surface area contributed by atoms with Crippen LogP contribution >= 0.6 is 0 Å². The lowest BCUT2D eigenvalue weighted by molar-refractivity contribution is -0.135. The number of nitrogens with zero attached hydrogens (tertiary/aromatic N) is 2. The maximum absolute atomic E-state index is 12.6. The van der Waals surface area contributed by atoms with Gasteiger partial charge in [-0.25, -0.2) is 8.42 Å². The molecule has 1 aromatic carbocycles. The van der Waals surface area contributed by atoms with Crippen molar-refractivity contribution in [3.63, 3.8) is 0 Å². The summed E-state index contributed by atoms with van der Waals surface area (Å²) in [5.41, 5.74) is 1.04. The number of sulfonamides is 1. The van der Waals surface area contributed by atoms with Gasteiger partial charge >= 0.3 is 0 Å². The van der Waals surface area contributed by atoms with Crippen LogP contribution in [0.1, 0.15) is 24.8 Å². The fourth-order valence-electron chi connectivity index (χ4n) is 2.74. The van der Waals surface area contributed by atoms with Gasteiger partial charge in [0, 0.05) is 20.1 Å². The third kappa shape index (κ3) is 4.04. The third-order valence-corrected chi connectivity index (χ3v) is 5.09. The first-order valence-corrected chi connectivity index (χ1v) is 9.00. The largest absolute Gasteiger partial charge is 0.340 e. The lowest BCUT2D eigenvalue weighted by Crippen LogP contribution is -2.51. The Labute approximate surface area is 126 Å². The fraction of sp³-hybridized carbons (Fsp3) is 0.533. The molecule has 116 valence electrons. The standard InChI is InChI=1S/C15H22N2O3S/c1-16(12-13-8-4-3-5-9-13)15(18)14-10-6-7-11-17(14)21(2,19)20/h3-5,8-9,14H,6-7,10-12H2,1-2H3. The van der Waals surface area contributed by atoms with Crippen molar-refractivity contribution in [3.8, 4) is 0 Å². The summed E-state index contributed by atoms with van der Waals surface area (Å²) in [6.45, 7) is 0.933. The maximum Gasteiger partial charge on any atom is 0.241 e. The molecule has 0 aromatic heterocycles. The molecule has 1 aliphatic rings. The number of amides is 1. The van der Waals surface area contributed by atoms with Gasteiger partial charge in [0.1, 0.15) is 6.04 Å². The minimum Gasteiger partial charge on any atom is -0.340 e. The molecule has 1 unspecified atom stereocenters. The summed E-state index contributed by atoms with van der Waals surface area (Å²) in [7, 11) is -1.61. The zero-order chi connectivity index (χ0) is 15.5. The van der Waals surface area contributed by atoms with Crippen LogP contribution in [0.3, 0.4) is 0 Å². The first kappa shape index (κ1) is 16.0. The number of hydrogen-bond acceptors (Lipinski definition) is 3. The Hall–Kier alpha value is -1.40. The molecule has 1 fully saturated rings. The van der Waals surface area contributed by atoms with Crippen molar-refractivity contribution in [1.29, 1.82) is 0 Å². The third-order valence-electron chi connectivity index (χ3n) is 3.80. The predicted molar refractivity (Wildman–Crippen MR) is 82.1 cm³/mol. The first-order valence-electron chi connectivity index (χ1n) is 7.15. The molecule has 1 heterocycles. The van der Waals surface area contributed by atoms with Crippen LogP contribution in [0.2, 0.25) is 0 Å². The van der Waals surface area contributed by atoms with Gasteiger partial charge < -0.3 is 4.90 Å². The van der Waals surface area contributed by atoms with Crippen LogP contribution in [-0.4, -0.2) is 49.4 Å². The van der Waals surface area contributed by atoms with E-state index < -0.39 is 16.1 Å². The zero-order valence-electron chi connectivity index (χ0n) is 12.5. The van der Waals surface area contributed by atoms with E-state index in [9.17, 15) is 13.2 Å². The lowest BCUT2D eigenvalue weighted by atomic mass is 10.0. The molecule has 0 spiro atoms. The molecular weight excluding hydrogens is 288 g/mol. The van der Waals surface area contributed by atoms with Gasteiger partial charge in [0.2, 0.25) is 15.9 Å². The minimum atomic E-state index is -3.34. The number of piperidine rings is 1. The Morgan fingerprint density at radius 3 is 2.57 bits per heavy atom. The SMILES string of the molecule is CN(Cc1ccccc1)C(=O)C1CCCCN1S(C)(=O)=O. The van der Waals surface area contributed by atoms with E-state index in [2.05, 4.69) is 0 Å². The summed E-state index contributed by atoms with van der Waals surface area (Å²) in [4.78, 5) is 14.2. The van der Waals surface area contributed by atoms with E-state index in [1.165, 1.54) is 10.6 Å². The monoisotopic (exact) mass is 310 g/mol. The summed E-state index contributed by atoms with van der Waals surface area (Å²) in [6.07, 6.45) is 3.49. The molecule has 0 radical (unpaired) electrons. The van der Waals surface area contributed by atoms with Crippen LogP contribution < -0.4 is 0 Å². The number of likely N-dealkylation sites (N-methyl/N-ethyl adjacent to an activating group) is 1. The van der Waals surface area contributed by atoms with Crippen molar-refractivity contribution < 1.29 is 13.2 Å². The molecular formula is C15H22N2O3S. The molecule has 6 heteroatoms. The van der Waals surface area contributed by atoms with E-state index in [-0.39, 0.29) is 5.91 Å². The Morgan fingerprint density at radius 1 is 1.29 bits per heavy atom. The molecule has 0 aliphatic carbocycles. The number of rotatable bonds is 4. The number of hydrogen-bond donors (Lipinski definition) is 0. The van der Waals surface area contributed by atoms with Gasteiger partial charge in [0.15, 0.2) is 0 Å². The molecule has 0 bridgehead atoms. The summed E-state index contributed by atoms with van der Waals surface area (Å²) in [5.74, 6) is -0.121. The quantitative estimate of drug-likeness (QED) is 0.846. The molecule has 1 aromatic rings. The van der Waals surface area contributed by atoms with E-state index in [0.717, 1.165) is 18.4 Å². The lowest BCUT2D eigenvalue weighted by Gasteiger charge is -2.35. The highest BCUT2D eigenvalue weighted by atomic mass is 32.2. The van der Waals surface area contributed by atoms with Crippen LogP contribution in [0.15, 0.2) is 30.3 Å². The number of carbonyl (C=O) groups excluding carboxylic acids is 1. The van der Waals surface area contributed by atoms with E-state index >= 15 is 0 Å². The van der Waals surface area contributed by atoms with Crippen LogP contribution in [0.4, 0.5) is 0 Å². The van der Waals surface area contributed by atoms with Gasteiger partial charge in [0.05, 0.1) is 6.26 Å². The molecule has 1 amide bonds. The van der Waals surface area contributed by atoms with Crippen molar-refractivity contribution >= 4 is 15.9 Å². The number of benzene rings is 1. The predicted octanol–water partition coefficient (Wildman–Crippen LogP) is 1.46. The van der Waals surface area contributed by atoms with Gasteiger partial charge in [-0.3, -0.25) is 4.79 Å². The van der Waals surface area contributed by atoms with E-state index in [0.29, 0.717) is 19.5 Å². The summed E-state index contributed by atoms with van der Waals surface area (Å²) in [6, 6.07) is 9.15. The highest BCUT2D eigenvalue weighted by Gasteiger charge is 2.35. The van der Waals surface area contributed by atoms with Crippen molar-refractivity contribution in [2.75, 3.05) is 19.8 Å². The number of carbonyl (C=O) groups is 1. The average Bonchev–Trinajstić information content (AvgIpc) is 2.46. The van der Waals surface area contributed by atoms with Crippen LogP contribution in [0.5, 0.6) is 0 Å². The fourth-order valence-corrected chi connectivity index (χ4v) is 3.86. The molecule has 5 nitrogen and oxygen atoms in total. The highest BCUT2D eigenvalue weighted by molar-refractivity contribution is 7.88. The molecule has 2 rings (SSSR count). The van der Waals surface area contributed by atoms with Crippen molar-refractivity contribution in [2.24, 2.45) is 0 Å². The van der Waals surface area contributed by atoms with Crippen molar-refractivity contribution in [1.82, 2.24) is 9.21 Å². The van der Waals surface area contributed by atoms with Crippen LogP contribution in [-0.2, 0) is 21.4 Å². The van der Waals surface area contributed by atoms with Crippen LogP contribution in [0, 0.1) is 0 Å². The average molecular weight is 310 g/mol. The van der Waals surface area contributed by atoms with Gasteiger partial charge in [0.25, 0.3) is 0 Å². The van der Waals surface area contributed by atoms with Gasteiger partial charge in [-0.1, -0.05) is 36.8 Å². The molecule has 1 saturated heterocycles. The van der Waals surface area contributed by atoms with Crippen molar-refractivity contribution in [3.05, 3.63) is 35.9 Å². The van der Waals surface area contributed by atoms with Crippen LogP contribution in [0.25, 0.3) is 0 Å². The summed E-state index contributed by atoms with van der Waals surface area (Å²) in [5, 5.41) is 0. The Balaban J connectivity index is 2.10. The second kappa shape index (κ2) is 6.58. The zero-order valence-corrected chi connectivity index (χ0v) is 13.3. The highest BCUT2D eigenvalue weighted by Crippen LogP contribution is 2.21. The second-order valence-corrected chi connectivity index (χ2v) is 7.50. The molecule has 1 aliphatic heterocycles. The first-order chi connectivity index (χ1) is 9.89. The van der Waals surface area contributed by atoms with Gasteiger partial charge in [-0.2, -0.15) is 4.31 Å². The summed E-state index contributed by atoms with van der Waals surface area (Å²) >= 11 is 0. The molecule has 0 saturated carbocycles. The minimum absolute atomic E-state index is 0.121.